The van der Waals surface area contributed by atoms with Crippen LogP contribution >= 0.6 is 27.3 Å². The molecule has 0 atom stereocenters. The molecular weight excluding hydrogens is 284 g/mol. The molecular formula is C13H11BrOS. The van der Waals surface area contributed by atoms with Crippen LogP contribution in [0.3, 0.4) is 0 Å². The summed E-state index contributed by atoms with van der Waals surface area (Å²) in [6, 6.07) is 9.89. The first-order chi connectivity index (χ1) is 7.58. The molecule has 1 heterocycles. The lowest BCUT2D eigenvalue weighted by atomic mass is 10.1. The van der Waals surface area contributed by atoms with E-state index in [-0.39, 0.29) is 5.78 Å². The minimum Gasteiger partial charge on any atom is -0.295 e. The number of aryl methyl sites for hydroxylation is 1. The highest BCUT2D eigenvalue weighted by atomic mass is 79.9. The average molecular weight is 295 g/mol. The van der Waals surface area contributed by atoms with Gasteiger partial charge in [-0.05, 0) is 47.0 Å². The highest BCUT2D eigenvalue weighted by Gasteiger charge is 2.06. The van der Waals surface area contributed by atoms with E-state index < -0.39 is 0 Å². The summed E-state index contributed by atoms with van der Waals surface area (Å²) >= 11 is 5.23. The minimum atomic E-state index is 0.107. The fourth-order valence-corrected chi connectivity index (χ4v) is 3.01. The number of hydrogen-bond acceptors (Lipinski definition) is 2. The summed E-state index contributed by atoms with van der Waals surface area (Å²) in [5, 5.41) is 0. The van der Waals surface area contributed by atoms with Gasteiger partial charge >= 0.3 is 0 Å². The highest BCUT2D eigenvalue weighted by molar-refractivity contribution is 9.11. The molecule has 0 saturated carbocycles. The van der Waals surface area contributed by atoms with E-state index in [0.29, 0.717) is 0 Å². The maximum Gasteiger partial charge on any atom is 0.159 e. The molecule has 3 heteroatoms. The minimum absolute atomic E-state index is 0.107. The zero-order chi connectivity index (χ0) is 11.7. The van der Waals surface area contributed by atoms with Gasteiger partial charge in [0.15, 0.2) is 5.78 Å². The number of carbonyl (C=O) groups excluding carboxylic acids is 1. The van der Waals surface area contributed by atoms with Gasteiger partial charge in [-0.15, -0.1) is 11.3 Å². The maximum atomic E-state index is 11.1. The fourth-order valence-electron chi connectivity index (χ4n) is 1.47. The van der Waals surface area contributed by atoms with Crippen LogP contribution in [-0.4, -0.2) is 5.78 Å². The Bertz CT molecular complexity index is 506. The molecule has 0 aliphatic heterocycles. The predicted molar refractivity (Wildman–Crippen MR) is 72.2 cm³/mol. The number of hydrogen-bond donors (Lipinski definition) is 0. The lowest BCUT2D eigenvalue weighted by Crippen LogP contribution is -1.90. The van der Waals surface area contributed by atoms with Crippen LogP contribution in [-0.2, 0) is 0 Å². The third-order valence-electron chi connectivity index (χ3n) is 2.43. The van der Waals surface area contributed by atoms with Gasteiger partial charge in [-0.25, -0.2) is 0 Å². The Balaban J connectivity index is 2.38. The van der Waals surface area contributed by atoms with Crippen molar-refractivity contribution in [3.05, 3.63) is 45.2 Å². The standard InChI is InChI=1S/C13H11BrOS/c1-8-7-12(16-13(8)14)11-5-3-10(4-6-11)9(2)15/h3-7H,1-2H3. The molecule has 1 aromatic heterocycles. The Kier molecular flexibility index (Phi) is 3.26. The third kappa shape index (κ3) is 2.25. The second kappa shape index (κ2) is 4.52. The molecule has 0 N–H and O–H groups in total. The molecule has 0 aliphatic rings. The van der Waals surface area contributed by atoms with Gasteiger partial charge in [-0.1, -0.05) is 24.3 Å². The van der Waals surface area contributed by atoms with E-state index in [4.69, 9.17) is 0 Å². The van der Waals surface area contributed by atoms with Crippen molar-refractivity contribution in [2.45, 2.75) is 13.8 Å². The first-order valence-corrected chi connectivity index (χ1v) is 6.56. The monoisotopic (exact) mass is 294 g/mol. The van der Waals surface area contributed by atoms with E-state index in [1.54, 1.807) is 18.3 Å². The van der Waals surface area contributed by atoms with Crippen molar-refractivity contribution < 1.29 is 4.79 Å². The van der Waals surface area contributed by atoms with Crippen molar-refractivity contribution in [3.63, 3.8) is 0 Å². The first-order valence-electron chi connectivity index (χ1n) is 4.95. The van der Waals surface area contributed by atoms with Gasteiger partial charge in [0.2, 0.25) is 0 Å². The summed E-state index contributed by atoms with van der Waals surface area (Å²) in [6.07, 6.45) is 0. The van der Waals surface area contributed by atoms with E-state index in [0.717, 1.165) is 14.9 Å². The van der Waals surface area contributed by atoms with Crippen LogP contribution < -0.4 is 0 Å². The van der Waals surface area contributed by atoms with E-state index in [9.17, 15) is 4.79 Å². The summed E-state index contributed by atoms with van der Waals surface area (Å²) in [7, 11) is 0. The smallest absolute Gasteiger partial charge is 0.159 e. The molecule has 1 aromatic carbocycles. The normalized spacial score (nSPS) is 10.4. The zero-order valence-electron chi connectivity index (χ0n) is 9.08. The molecule has 0 saturated heterocycles. The van der Waals surface area contributed by atoms with Crippen LogP contribution in [0.15, 0.2) is 34.1 Å². The van der Waals surface area contributed by atoms with Gasteiger partial charge in [0.25, 0.3) is 0 Å². The number of rotatable bonds is 2. The molecule has 0 radical (unpaired) electrons. The number of benzene rings is 1. The van der Waals surface area contributed by atoms with E-state index >= 15 is 0 Å². The fraction of sp³-hybridized carbons (Fsp3) is 0.154. The summed E-state index contributed by atoms with van der Waals surface area (Å²) in [4.78, 5) is 12.4. The van der Waals surface area contributed by atoms with Crippen LogP contribution in [0.4, 0.5) is 0 Å². The van der Waals surface area contributed by atoms with Crippen molar-refractivity contribution in [2.24, 2.45) is 0 Å². The second-order valence-corrected chi connectivity index (χ2v) is 6.07. The molecule has 1 nitrogen and oxygen atoms in total. The van der Waals surface area contributed by atoms with Gasteiger partial charge in [0.05, 0.1) is 3.79 Å². The summed E-state index contributed by atoms with van der Waals surface area (Å²) in [5.41, 5.74) is 3.16. The first kappa shape index (κ1) is 11.6. The molecule has 0 fully saturated rings. The van der Waals surface area contributed by atoms with Crippen LogP contribution in [0.5, 0.6) is 0 Å². The Hall–Kier alpha value is -0.930. The van der Waals surface area contributed by atoms with Gasteiger partial charge in [-0.3, -0.25) is 4.79 Å². The summed E-state index contributed by atoms with van der Waals surface area (Å²) < 4.78 is 1.16. The number of Topliss-reactive ketones (excluding diaryl/α,β-unsaturated/α-hetero) is 1. The molecule has 0 spiro atoms. The highest BCUT2D eigenvalue weighted by Crippen LogP contribution is 2.34. The molecule has 16 heavy (non-hydrogen) atoms. The average Bonchev–Trinajstić information content (AvgIpc) is 2.59. The molecule has 0 bridgehead atoms. The van der Waals surface area contributed by atoms with Crippen molar-refractivity contribution >= 4 is 33.0 Å². The van der Waals surface area contributed by atoms with Gasteiger partial charge < -0.3 is 0 Å². The van der Waals surface area contributed by atoms with E-state index in [2.05, 4.69) is 28.9 Å². The van der Waals surface area contributed by atoms with Crippen LogP contribution in [0, 0.1) is 6.92 Å². The molecule has 0 unspecified atom stereocenters. The maximum absolute atomic E-state index is 11.1. The number of halogens is 1. The number of thiophene rings is 1. The third-order valence-corrected chi connectivity index (χ3v) is 4.62. The summed E-state index contributed by atoms with van der Waals surface area (Å²) in [6.45, 7) is 3.66. The van der Waals surface area contributed by atoms with Crippen molar-refractivity contribution in [3.8, 4) is 10.4 Å². The van der Waals surface area contributed by atoms with Crippen LogP contribution in [0.25, 0.3) is 10.4 Å². The second-order valence-electron chi connectivity index (χ2n) is 3.70. The van der Waals surface area contributed by atoms with E-state index in [1.165, 1.54) is 10.4 Å². The Morgan fingerprint density at radius 2 is 1.88 bits per heavy atom. The lowest BCUT2D eigenvalue weighted by Gasteiger charge is -1.98. The molecule has 0 amide bonds. The van der Waals surface area contributed by atoms with Gasteiger partial charge in [0, 0.05) is 10.4 Å². The van der Waals surface area contributed by atoms with Crippen molar-refractivity contribution in [2.75, 3.05) is 0 Å². The quantitative estimate of drug-likeness (QED) is 0.735. The Morgan fingerprint density at radius 3 is 2.31 bits per heavy atom. The SMILES string of the molecule is CC(=O)c1ccc(-c2cc(C)c(Br)s2)cc1. The predicted octanol–water partition coefficient (Wildman–Crippen LogP) is 4.69. The molecule has 2 aromatic rings. The van der Waals surface area contributed by atoms with Crippen molar-refractivity contribution in [1.29, 1.82) is 0 Å². The largest absolute Gasteiger partial charge is 0.295 e. The van der Waals surface area contributed by atoms with Gasteiger partial charge in [0.1, 0.15) is 0 Å². The van der Waals surface area contributed by atoms with Crippen molar-refractivity contribution in [1.82, 2.24) is 0 Å². The molecule has 2 rings (SSSR count). The zero-order valence-corrected chi connectivity index (χ0v) is 11.5. The van der Waals surface area contributed by atoms with Crippen LogP contribution in [0.1, 0.15) is 22.8 Å². The topological polar surface area (TPSA) is 17.1 Å². The lowest BCUT2D eigenvalue weighted by molar-refractivity contribution is 0.101. The Morgan fingerprint density at radius 1 is 1.25 bits per heavy atom. The van der Waals surface area contributed by atoms with Crippen LogP contribution in [0.2, 0.25) is 0 Å². The molecule has 82 valence electrons. The number of ketones is 1. The van der Waals surface area contributed by atoms with Gasteiger partial charge in [-0.2, -0.15) is 0 Å². The summed E-state index contributed by atoms with van der Waals surface area (Å²) in [5.74, 6) is 0.107. The Labute approximate surface area is 107 Å². The number of carbonyl (C=O) groups is 1. The molecule has 0 aliphatic carbocycles. The van der Waals surface area contributed by atoms with E-state index in [1.807, 2.05) is 24.3 Å².